The zero-order chi connectivity index (χ0) is 12.5. The average molecular weight is 240 g/mol. The molecule has 1 heterocycles. The zero-order valence-corrected chi connectivity index (χ0v) is 10.00. The fourth-order valence-electron chi connectivity index (χ4n) is 1.59. The van der Waals surface area contributed by atoms with E-state index in [9.17, 15) is 9.59 Å². The van der Waals surface area contributed by atoms with E-state index in [0.29, 0.717) is 13.1 Å². The highest BCUT2D eigenvalue weighted by Crippen LogP contribution is 1.89. The molecule has 0 aliphatic carbocycles. The first-order valence-electron chi connectivity index (χ1n) is 5.84. The molecule has 0 bridgehead atoms. The second-order valence-electron chi connectivity index (χ2n) is 3.85. The molecule has 0 aromatic carbocycles. The van der Waals surface area contributed by atoms with E-state index >= 15 is 0 Å². The predicted octanol–water partition coefficient (Wildman–Crippen LogP) is -1.69. The molecule has 1 aliphatic rings. The van der Waals surface area contributed by atoms with Gasteiger partial charge in [-0.15, -0.1) is 6.58 Å². The fourth-order valence-corrected chi connectivity index (χ4v) is 1.59. The van der Waals surface area contributed by atoms with Gasteiger partial charge in [-0.1, -0.05) is 6.08 Å². The van der Waals surface area contributed by atoms with Crippen LogP contribution in [0.1, 0.15) is 0 Å². The number of rotatable bonds is 5. The summed E-state index contributed by atoms with van der Waals surface area (Å²) in [7, 11) is 0. The smallest absolute Gasteiger partial charge is 0.309 e. The maximum Gasteiger partial charge on any atom is 0.309 e. The van der Waals surface area contributed by atoms with Crippen molar-refractivity contribution in [2.24, 2.45) is 0 Å². The number of nitrogens with one attached hydrogen (secondary N) is 3. The Morgan fingerprint density at radius 1 is 1.24 bits per heavy atom. The lowest BCUT2D eigenvalue weighted by atomic mass is 10.3. The number of carbonyl (C=O) groups is 2. The number of carbonyl (C=O) groups excluding carboxylic acids is 2. The van der Waals surface area contributed by atoms with Crippen molar-refractivity contribution >= 4 is 11.8 Å². The van der Waals surface area contributed by atoms with Gasteiger partial charge in [0.15, 0.2) is 0 Å². The summed E-state index contributed by atoms with van der Waals surface area (Å²) in [5.41, 5.74) is 0. The predicted molar refractivity (Wildman–Crippen MR) is 65.5 cm³/mol. The fraction of sp³-hybridized carbons (Fsp3) is 0.636. The molecule has 1 fully saturated rings. The van der Waals surface area contributed by atoms with E-state index in [4.69, 9.17) is 0 Å². The van der Waals surface area contributed by atoms with Crippen LogP contribution in [0.3, 0.4) is 0 Å². The Morgan fingerprint density at radius 3 is 2.53 bits per heavy atom. The number of hydrogen-bond donors (Lipinski definition) is 3. The van der Waals surface area contributed by atoms with Crippen LogP contribution >= 0.6 is 0 Å². The summed E-state index contributed by atoms with van der Waals surface area (Å²) >= 11 is 0. The number of amides is 2. The van der Waals surface area contributed by atoms with Gasteiger partial charge in [0.2, 0.25) is 0 Å². The molecule has 1 saturated heterocycles. The van der Waals surface area contributed by atoms with Crippen LogP contribution < -0.4 is 16.0 Å². The van der Waals surface area contributed by atoms with Gasteiger partial charge in [-0.25, -0.2) is 0 Å². The molecule has 2 amide bonds. The molecular formula is C11H20N4O2. The first-order valence-corrected chi connectivity index (χ1v) is 5.84. The van der Waals surface area contributed by atoms with Gasteiger partial charge in [0.25, 0.3) is 0 Å². The third kappa shape index (κ3) is 5.46. The van der Waals surface area contributed by atoms with Crippen molar-refractivity contribution in [1.82, 2.24) is 20.9 Å². The maximum atomic E-state index is 11.3. The minimum atomic E-state index is -0.606. The normalized spacial score (nSPS) is 16.2. The Kier molecular flexibility index (Phi) is 6.27. The molecule has 0 atom stereocenters. The SMILES string of the molecule is C=CCNC(=O)C(=O)NCCN1CCNCC1. The van der Waals surface area contributed by atoms with Crippen molar-refractivity contribution < 1.29 is 9.59 Å². The third-order valence-corrected chi connectivity index (χ3v) is 2.54. The maximum absolute atomic E-state index is 11.3. The van der Waals surface area contributed by atoms with Gasteiger partial charge in [-0.3, -0.25) is 14.5 Å². The molecule has 3 N–H and O–H groups in total. The van der Waals surface area contributed by atoms with E-state index in [0.717, 1.165) is 32.7 Å². The molecule has 0 spiro atoms. The van der Waals surface area contributed by atoms with Crippen LogP contribution in [0, 0.1) is 0 Å². The highest BCUT2D eigenvalue weighted by molar-refractivity contribution is 6.35. The summed E-state index contributed by atoms with van der Waals surface area (Å²) in [6, 6.07) is 0. The van der Waals surface area contributed by atoms with Gasteiger partial charge in [-0.2, -0.15) is 0 Å². The van der Waals surface area contributed by atoms with Crippen LogP contribution in [0.15, 0.2) is 12.7 Å². The van der Waals surface area contributed by atoms with Crippen LogP contribution in [0.5, 0.6) is 0 Å². The third-order valence-electron chi connectivity index (χ3n) is 2.54. The van der Waals surface area contributed by atoms with E-state index in [1.165, 1.54) is 6.08 Å². The topological polar surface area (TPSA) is 73.5 Å². The molecule has 0 aromatic rings. The van der Waals surface area contributed by atoms with E-state index in [1.807, 2.05) is 0 Å². The molecule has 6 nitrogen and oxygen atoms in total. The monoisotopic (exact) mass is 240 g/mol. The minimum absolute atomic E-state index is 0.310. The zero-order valence-electron chi connectivity index (χ0n) is 10.00. The average Bonchev–Trinajstić information content (AvgIpc) is 2.37. The van der Waals surface area contributed by atoms with E-state index in [2.05, 4.69) is 27.4 Å². The van der Waals surface area contributed by atoms with E-state index < -0.39 is 11.8 Å². The van der Waals surface area contributed by atoms with Crippen molar-refractivity contribution in [3.8, 4) is 0 Å². The lowest BCUT2D eigenvalue weighted by Gasteiger charge is -2.26. The Morgan fingerprint density at radius 2 is 1.88 bits per heavy atom. The summed E-state index contributed by atoms with van der Waals surface area (Å²) in [6.07, 6.45) is 1.53. The van der Waals surface area contributed by atoms with Gasteiger partial charge in [0.05, 0.1) is 0 Å². The Labute approximate surface area is 101 Å². The Balaban J connectivity index is 2.10. The summed E-state index contributed by atoms with van der Waals surface area (Å²) in [5.74, 6) is -1.19. The van der Waals surface area contributed by atoms with Crippen molar-refractivity contribution in [3.05, 3.63) is 12.7 Å². The van der Waals surface area contributed by atoms with Gasteiger partial charge in [0, 0.05) is 45.8 Å². The van der Waals surface area contributed by atoms with Gasteiger partial charge < -0.3 is 16.0 Å². The van der Waals surface area contributed by atoms with E-state index in [1.54, 1.807) is 0 Å². The molecule has 6 heteroatoms. The van der Waals surface area contributed by atoms with Crippen LogP contribution in [-0.2, 0) is 9.59 Å². The van der Waals surface area contributed by atoms with Crippen LogP contribution in [-0.4, -0.2) is 62.5 Å². The summed E-state index contributed by atoms with van der Waals surface area (Å²) in [5, 5.41) is 8.27. The second kappa shape index (κ2) is 7.81. The van der Waals surface area contributed by atoms with Crippen LogP contribution in [0.4, 0.5) is 0 Å². The quantitative estimate of drug-likeness (QED) is 0.396. The first-order chi connectivity index (χ1) is 8.24. The standard InChI is InChI=1S/C11H20N4O2/c1-2-3-13-10(16)11(17)14-6-9-15-7-4-12-5-8-15/h2,12H,1,3-9H2,(H,13,16)(H,14,17). The molecule has 0 saturated carbocycles. The summed E-state index contributed by atoms with van der Waals surface area (Å²) in [4.78, 5) is 24.7. The first kappa shape index (κ1) is 13.7. The largest absolute Gasteiger partial charge is 0.347 e. The lowest BCUT2D eigenvalue weighted by molar-refractivity contribution is -0.139. The van der Waals surface area contributed by atoms with Gasteiger partial charge in [-0.05, 0) is 0 Å². The molecule has 96 valence electrons. The Hall–Kier alpha value is -1.40. The summed E-state index contributed by atoms with van der Waals surface area (Å²) < 4.78 is 0. The molecule has 1 aliphatic heterocycles. The number of nitrogens with zero attached hydrogens (tertiary/aromatic N) is 1. The van der Waals surface area contributed by atoms with Gasteiger partial charge >= 0.3 is 11.8 Å². The van der Waals surface area contributed by atoms with Crippen molar-refractivity contribution in [2.45, 2.75) is 0 Å². The number of hydrogen-bond acceptors (Lipinski definition) is 4. The number of piperazine rings is 1. The van der Waals surface area contributed by atoms with Crippen molar-refractivity contribution in [2.75, 3.05) is 45.8 Å². The van der Waals surface area contributed by atoms with Gasteiger partial charge in [0.1, 0.15) is 0 Å². The highest BCUT2D eigenvalue weighted by Gasteiger charge is 2.13. The lowest BCUT2D eigenvalue weighted by Crippen LogP contribution is -2.47. The van der Waals surface area contributed by atoms with Crippen molar-refractivity contribution in [3.63, 3.8) is 0 Å². The van der Waals surface area contributed by atoms with Crippen molar-refractivity contribution in [1.29, 1.82) is 0 Å². The molecular weight excluding hydrogens is 220 g/mol. The molecule has 0 radical (unpaired) electrons. The highest BCUT2D eigenvalue weighted by atomic mass is 16.2. The molecule has 0 aromatic heterocycles. The van der Waals surface area contributed by atoms with Crippen LogP contribution in [0.2, 0.25) is 0 Å². The molecule has 17 heavy (non-hydrogen) atoms. The molecule has 0 unspecified atom stereocenters. The Bertz CT molecular complexity index is 275. The minimum Gasteiger partial charge on any atom is -0.347 e. The van der Waals surface area contributed by atoms with E-state index in [-0.39, 0.29) is 0 Å². The summed E-state index contributed by atoms with van der Waals surface area (Å²) in [6.45, 7) is 8.98. The van der Waals surface area contributed by atoms with Crippen LogP contribution in [0.25, 0.3) is 0 Å². The molecule has 1 rings (SSSR count). The second-order valence-corrected chi connectivity index (χ2v) is 3.85.